The van der Waals surface area contributed by atoms with Crippen LogP contribution in [0.4, 0.5) is 39.5 Å². The third-order valence-corrected chi connectivity index (χ3v) is 2.38. The van der Waals surface area contributed by atoms with Gasteiger partial charge in [-0.1, -0.05) is 0 Å². The Morgan fingerprint density at radius 3 is 2.00 bits per heavy atom. The van der Waals surface area contributed by atoms with Crippen molar-refractivity contribution in [1.82, 2.24) is 0 Å². The van der Waals surface area contributed by atoms with Crippen molar-refractivity contribution in [3.63, 3.8) is 0 Å². The highest BCUT2D eigenvalue weighted by molar-refractivity contribution is 5.97. The molecule has 1 rings (SSSR count). The van der Waals surface area contributed by atoms with E-state index in [1.807, 2.05) is 0 Å². The Morgan fingerprint density at radius 1 is 1.10 bits per heavy atom. The zero-order valence-electron chi connectivity index (χ0n) is 9.20. The van der Waals surface area contributed by atoms with Crippen LogP contribution in [0.15, 0.2) is 4.99 Å². The van der Waals surface area contributed by atoms with Crippen molar-refractivity contribution < 1.29 is 49.4 Å². The molecule has 0 saturated heterocycles. The highest BCUT2D eigenvalue weighted by Crippen LogP contribution is 2.49. The molecule has 0 saturated carbocycles. The number of aliphatic hydroxyl groups is 1. The van der Waals surface area contributed by atoms with Crippen LogP contribution in [-0.4, -0.2) is 54.2 Å². The number of nitrogens with zero attached hydrogens (tertiary/aromatic N) is 1. The second-order valence-corrected chi connectivity index (χ2v) is 3.72. The van der Waals surface area contributed by atoms with Gasteiger partial charge in [-0.05, 0) is 0 Å². The van der Waals surface area contributed by atoms with E-state index < -0.39 is 49.1 Å². The van der Waals surface area contributed by atoms with Crippen molar-refractivity contribution in [2.24, 2.45) is 4.99 Å². The van der Waals surface area contributed by atoms with Crippen LogP contribution in [0.1, 0.15) is 0 Å². The Bertz CT molecular complexity index is 405. The molecule has 118 valence electrons. The molecule has 0 spiro atoms. The minimum atomic E-state index is -6.26. The van der Waals surface area contributed by atoms with Crippen molar-refractivity contribution in [3.8, 4) is 0 Å². The van der Waals surface area contributed by atoms with E-state index in [-0.39, 0.29) is 0 Å². The molecule has 0 radical (unpaired) electrons. The van der Waals surface area contributed by atoms with Crippen LogP contribution in [0.3, 0.4) is 0 Å². The van der Waals surface area contributed by atoms with Crippen LogP contribution < -0.4 is 0 Å². The summed E-state index contributed by atoms with van der Waals surface area (Å²) < 4.78 is 117. The van der Waals surface area contributed by atoms with Gasteiger partial charge in [0.15, 0.2) is 5.71 Å². The molecule has 0 aromatic rings. The number of hydrogen-bond donors (Lipinski definition) is 1. The lowest BCUT2D eigenvalue weighted by molar-refractivity contribution is -0.371. The van der Waals surface area contributed by atoms with E-state index in [1.54, 1.807) is 0 Å². The fourth-order valence-electron chi connectivity index (χ4n) is 1.41. The Balaban J connectivity index is 3.40. The minimum Gasteiger partial charge on any atom is -0.356 e. The topological polar surface area (TPSA) is 41.8 Å². The molecule has 3 nitrogen and oxygen atoms in total. The fourth-order valence-corrected chi connectivity index (χ4v) is 1.41. The zero-order valence-corrected chi connectivity index (χ0v) is 9.20. The monoisotopic (exact) mass is 319 g/mol. The molecule has 1 atom stereocenters. The van der Waals surface area contributed by atoms with Crippen LogP contribution in [-0.2, 0) is 4.74 Å². The van der Waals surface area contributed by atoms with Gasteiger partial charge in [0, 0.05) is 0 Å². The third kappa shape index (κ3) is 2.34. The first-order valence-electron chi connectivity index (χ1n) is 4.80. The molecule has 0 aromatic heterocycles. The van der Waals surface area contributed by atoms with Crippen LogP contribution in [0.25, 0.3) is 0 Å². The molecule has 1 unspecified atom stereocenters. The molecule has 0 fully saturated rings. The molecule has 1 aliphatic rings. The molecular formula is C8H6F9NO2. The van der Waals surface area contributed by atoms with Gasteiger partial charge in [-0.25, -0.2) is 8.78 Å². The lowest BCUT2D eigenvalue weighted by Crippen LogP contribution is -2.69. The summed E-state index contributed by atoms with van der Waals surface area (Å²) in [5.74, 6) is -17.5. The average Bonchev–Trinajstić information content (AvgIpc) is 2.27. The molecule has 0 amide bonds. The molecule has 0 aromatic carbocycles. The number of ether oxygens (including phenoxy) is 1. The molecule has 12 heteroatoms. The standard InChI is InChI=1S/C8H6F9NO2/c9-4(10)5(11,12)8(16,17)6(19)3(7(13,14)15)18-1-2-20-6/h4,19H,1-2H2. The normalized spacial score (nSPS) is 25.9. The molecule has 1 aliphatic heterocycles. The van der Waals surface area contributed by atoms with Crippen molar-refractivity contribution in [2.75, 3.05) is 13.2 Å². The van der Waals surface area contributed by atoms with Gasteiger partial charge < -0.3 is 9.84 Å². The van der Waals surface area contributed by atoms with Crippen LogP contribution in [0.2, 0.25) is 0 Å². The summed E-state index contributed by atoms with van der Waals surface area (Å²) in [4.78, 5) is 2.45. The Kier molecular flexibility index (Phi) is 4.05. The minimum absolute atomic E-state index is 0.854. The van der Waals surface area contributed by atoms with Gasteiger partial charge in [-0.2, -0.15) is 30.7 Å². The van der Waals surface area contributed by atoms with Gasteiger partial charge in [0.2, 0.25) is 0 Å². The molecule has 1 heterocycles. The molecule has 0 bridgehead atoms. The van der Waals surface area contributed by atoms with Crippen molar-refractivity contribution >= 4 is 5.71 Å². The Labute approximate surface area is 105 Å². The first-order chi connectivity index (χ1) is 8.78. The second-order valence-electron chi connectivity index (χ2n) is 3.72. The quantitative estimate of drug-likeness (QED) is 0.811. The van der Waals surface area contributed by atoms with Crippen LogP contribution in [0, 0.1) is 0 Å². The zero-order chi connectivity index (χ0) is 16.0. The van der Waals surface area contributed by atoms with Gasteiger partial charge in [-0.15, -0.1) is 0 Å². The predicted octanol–water partition coefficient (Wildman–Crippen LogP) is 2.24. The average molecular weight is 319 g/mol. The first-order valence-corrected chi connectivity index (χ1v) is 4.80. The van der Waals surface area contributed by atoms with Gasteiger partial charge in [0.05, 0.1) is 13.2 Å². The fraction of sp³-hybridized carbons (Fsp3) is 0.875. The van der Waals surface area contributed by atoms with E-state index in [0.29, 0.717) is 0 Å². The van der Waals surface area contributed by atoms with Crippen molar-refractivity contribution in [1.29, 1.82) is 0 Å². The van der Waals surface area contributed by atoms with Crippen molar-refractivity contribution in [3.05, 3.63) is 0 Å². The number of halogens is 9. The SMILES string of the molecule is OC1(C(F)(F)C(F)(F)C(F)F)OCCN=C1C(F)(F)F. The van der Waals surface area contributed by atoms with Gasteiger partial charge in [-0.3, -0.25) is 4.99 Å². The summed E-state index contributed by atoms with van der Waals surface area (Å²) in [5, 5.41) is 9.14. The Hall–Kier alpha value is -1.04. The molecule has 0 aliphatic carbocycles. The Morgan fingerprint density at radius 2 is 1.60 bits per heavy atom. The summed E-state index contributed by atoms with van der Waals surface area (Å²) in [6, 6.07) is 0. The van der Waals surface area contributed by atoms with E-state index in [4.69, 9.17) is 5.11 Å². The lowest BCUT2D eigenvalue weighted by Gasteiger charge is -2.41. The summed E-state index contributed by atoms with van der Waals surface area (Å²) in [6.07, 6.45) is -10.8. The predicted molar refractivity (Wildman–Crippen MR) is 45.2 cm³/mol. The highest BCUT2D eigenvalue weighted by atomic mass is 19.4. The third-order valence-electron chi connectivity index (χ3n) is 2.38. The van der Waals surface area contributed by atoms with E-state index >= 15 is 0 Å². The molecule has 1 N–H and O–H groups in total. The van der Waals surface area contributed by atoms with E-state index in [0.717, 1.165) is 0 Å². The summed E-state index contributed by atoms with van der Waals surface area (Å²) in [5.41, 5.74) is -2.79. The summed E-state index contributed by atoms with van der Waals surface area (Å²) in [6.45, 7) is -1.93. The second kappa shape index (κ2) is 4.76. The molecule has 20 heavy (non-hydrogen) atoms. The maximum atomic E-state index is 13.3. The summed E-state index contributed by atoms with van der Waals surface area (Å²) >= 11 is 0. The maximum Gasteiger partial charge on any atom is 0.434 e. The van der Waals surface area contributed by atoms with E-state index in [9.17, 15) is 39.5 Å². The number of hydrogen-bond acceptors (Lipinski definition) is 3. The largest absolute Gasteiger partial charge is 0.434 e. The van der Waals surface area contributed by atoms with Gasteiger partial charge >= 0.3 is 24.4 Å². The molecular weight excluding hydrogens is 313 g/mol. The maximum absolute atomic E-state index is 13.3. The van der Waals surface area contributed by atoms with Gasteiger partial charge in [0.1, 0.15) is 0 Å². The van der Waals surface area contributed by atoms with E-state index in [1.165, 1.54) is 0 Å². The van der Waals surface area contributed by atoms with Crippen LogP contribution >= 0.6 is 0 Å². The van der Waals surface area contributed by atoms with Crippen molar-refractivity contribution in [2.45, 2.75) is 30.2 Å². The highest BCUT2D eigenvalue weighted by Gasteiger charge is 2.78. The van der Waals surface area contributed by atoms with Gasteiger partial charge in [0.25, 0.3) is 5.79 Å². The van der Waals surface area contributed by atoms with Crippen LogP contribution in [0.5, 0.6) is 0 Å². The van der Waals surface area contributed by atoms with E-state index in [2.05, 4.69) is 9.73 Å². The number of alkyl halides is 9. The first kappa shape index (κ1) is 17.0. The lowest BCUT2D eigenvalue weighted by atomic mass is 9.95. The summed E-state index contributed by atoms with van der Waals surface area (Å²) in [7, 11) is 0. The number of rotatable bonds is 3. The number of aliphatic imine (C=N–C) groups is 1. The smallest absolute Gasteiger partial charge is 0.356 e.